The predicted octanol–water partition coefficient (Wildman–Crippen LogP) is 2.85. The monoisotopic (exact) mass is 285 g/mol. The van der Waals surface area contributed by atoms with E-state index in [1.165, 1.54) is 16.9 Å². The maximum Gasteiger partial charge on any atom is 0.219 e. The molecule has 1 aliphatic rings. The van der Waals surface area contributed by atoms with Crippen LogP contribution >= 0.6 is 22.9 Å². The third-order valence-electron chi connectivity index (χ3n) is 3.14. The maximum atomic E-state index is 11.9. The average Bonchev–Trinajstić information content (AvgIpc) is 2.78. The van der Waals surface area contributed by atoms with Gasteiger partial charge in [0.2, 0.25) is 5.91 Å². The van der Waals surface area contributed by atoms with Crippen molar-refractivity contribution in [3.63, 3.8) is 0 Å². The van der Waals surface area contributed by atoms with E-state index in [4.69, 9.17) is 11.6 Å². The van der Waals surface area contributed by atoms with E-state index >= 15 is 0 Å². The van der Waals surface area contributed by atoms with Crippen molar-refractivity contribution >= 4 is 34.6 Å². The second kappa shape index (κ2) is 5.85. The molecule has 5 heteroatoms. The van der Waals surface area contributed by atoms with Crippen LogP contribution < -0.4 is 0 Å². The quantitative estimate of drug-likeness (QED) is 0.630. The van der Waals surface area contributed by atoms with Crippen LogP contribution in [-0.4, -0.2) is 29.0 Å². The molecular weight excluding hydrogens is 270 g/mol. The molecule has 3 nitrogen and oxygen atoms in total. The first kappa shape index (κ1) is 13.6. The van der Waals surface area contributed by atoms with Gasteiger partial charge in [0, 0.05) is 30.6 Å². The van der Waals surface area contributed by atoms with E-state index in [9.17, 15) is 9.59 Å². The van der Waals surface area contributed by atoms with Gasteiger partial charge in [-0.15, -0.1) is 22.9 Å². The molecule has 0 N–H and O–H groups in total. The molecule has 0 fully saturated rings. The predicted molar refractivity (Wildman–Crippen MR) is 73.4 cm³/mol. The van der Waals surface area contributed by atoms with Crippen LogP contribution in [0, 0.1) is 0 Å². The van der Waals surface area contributed by atoms with E-state index in [2.05, 4.69) is 0 Å². The molecule has 0 atom stereocenters. The second-order valence-electron chi connectivity index (χ2n) is 4.47. The molecule has 0 spiro atoms. The SMILES string of the molecule is CC(=O)N1CCc2cc(C(=O)CCCCl)sc2C1. The summed E-state index contributed by atoms with van der Waals surface area (Å²) in [5.74, 6) is 0.795. The Labute approximate surface area is 116 Å². The van der Waals surface area contributed by atoms with Gasteiger partial charge in [0.05, 0.1) is 11.4 Å². The first-order valence-corrected chi connectivity index (χ1v) is 7.43. The van der Waals surface area contributed by atoms with Gasteiger partial charge in [-0.05, 0) is 24.5 Å². The summed E-state index contributed by atoms with van der Waals surface area (Å²) in [6, 6.07) is 1.99. The van der Waals surface area contributed by atoms with Crippen LogP contribution in [0.1, 0.15) is 39.9 Å². The summed E-state index contributed by atoms with van der Waals surface area (Å²) in [5.41, 5.74) is 1.23. The zero-order valence-corrected chi connectivity index (χ0v) is 11.9. The lowest BCUT2D eigenvalue weighted by molar-refractivity contribution is -0.129. The molecule has 0 unspecified atom stereocenters. The highest BCUT2D eigenvalue weighted by atomic mass is 35.5. The second-order valence-corrected chi connectivity index (χ2v) is 5.98. The van der Waals surface area contributed by atoms with Crippen molar-refractivity contribution in [2.45, 2.75) is 32.7 Å². The number of Topliss-reactive ketones (excluding diaryl/α,β-unsaturated/α-hetero) is 1. The van der Waals surface area contributed by atoms with Crippen molar-refractivity contribution in [1.29, 1.82) is 0 Å². The maximum absolute atomic E-state index is 11.9. The zero-order valence-electron chi connectivity index (χ0n) is 10.4. The fourth-order valence-corrected chi connectivity index (χ4v) is 3.41. The van der Waals surface area contributed by atoms with Gasteiger partial charge in [0.25, 0.3) is 0 Å². The molecule has 1 aromatic rings. The van der Waals surface area contributed by atoms with Gasteiger partial charge >= 0.3 is 0 Å². The number of nitrogens with zero attached hydrogens (tertiary/aromatic N) is 1. The summed E-state index contributed by atoms with van der Waals surface area (Å²) in [7, 11) is 0. The third kappa shape index (κ3) is 2.93. The van der Waals surface area contributed by atoms with Gasteiger partial charge < -0.3 is 4.90 Å². The fraction of sp³-hybridized carbons (Fsp3) is 0.538. The molecule has 0 saturated carbocycles. The highest BCUT2D eigenvalue weighted by Crippen LogP contribution is 2.29. The molecule has 0 aliphatic carbocycles. The van der Waals surface area contributed by atoms with E-state index in [0.717, 1.165) is 29.1 Å². The summed E-state index contributed by atoms with van der Waals surface area (Å²) >= 11 is 7.12. The third-order valence-corrected chi connectivity index (χ3v) is 4.61. The lowest BCUT2D eigenvalue weighted by atomic mass is 10.1. The topological polar surface area (TPSA) is 37.4 Å². The Morgan fingerprint density at radius 3 is 2.94 bits per heavy atom. The Morgan fingerprint density at radius 1 is 1.50 bits per heavy atom. The number of hydrogen-bond acceptors (Lipinski definition) is 3. The van der Waals surface area contributed by atoms with Crippen LogP contribution in [0.5, 0.6) is 0 Å². The first-order valence-electron chi connectivity index (χ1n) is 6.08. The Hall–Kier alpha value is -0.870. The van der Waals surface area contributed by atoms with E-state index < -0.39 is 0 Å². The molecule has 98 valence electrons. The Bertz CT molecular complexity index is 470. The van der Waals surface area contributed by atoms with Crippen LogP contribution in [0.15, 0.2) is 6.07 Å². The van der Waals surface area contributed by atoms with Crippen LogP contribution in [0.3, 0.4) is 0 Å². The van der Waals surface area contributed by atoms with Crippen molar-refractivity contribution in [1.82, 2.24) is 4.90 Å². The Kier molecular flexibility index (Phi) is 4.40. The molecule has 0 aromatic carbocycles. The number of carbonyl (C=O) groups excluding carboxylic acids is 2. The minimum atomic E-state index is 0.101. The number of amides is 1. The molecular formula is C13H16ClNO2S. The van der Waals surface area contributed by atoms with Gasteiger partial charge in [-0.3, -0.25) is 9.59 Å². The number of hydrogen-bond donors (Lipinski definition) is 0. The van der Waals surface area contributed by atoms with Crippen LogP contribution in [0.2, 0.25) is 0 Å². The zero-order chi connectivity index (χ0) is 13.1. The summed E-state index contributed by atoms with van der Waals surface area (Å²) in [6.07, 6.45) is 2.09. The fourth-order valence-electron chi connectivity index (χ4n) is 2.08. The molecule has 2 heterocycles. The van der Waals surface area contributed by atoms with Gasteiger partial charge in [0.1, 0.15) is 0 Å². The van der Waals surface area contributed by atoms with Crippen molar-refractivity contribution in [2.24, 2.45) is 0 Å². The van der Waals surface area contributed by atoms with E-state index in [1.807, 2.05) is 11.0 Å². The number of ketones is 1. The van der Waals surface area contributed by atoms with Gasteiger partial charge in [-0.2, -0.15) is 0 Å². The lowest BCUT2D eigenvalue weighted by Gasteiger charge is -2.25. The smallest absolute Gasteiger partial charge is 0.219 e. The van der Waals surface area contributed by atoms with Crippen molar-refractivity contribution in [2.75, 3.05) is 12.4 Å². The highest BCUT2D eigenvalue weighted by Gasteiger charge is 2.22. The summed E-state index contributed by atoms with van der Waals surface area (Å²) < 4.78 is 0. The van der Waals surface area contributed by atoms with E-state index in [0.29, 0.717) is 18.8 Å². The number of halogens is 1. The summed E-state index contributed by atoms with van der Waals surface area (Å²) in [6.45, 7) is 3.00. The number of fused-ring (bicyclic) bond motifs is 1. The Balaban J connectivity index is 2.10. The van der Waals surface area contributed by atoms with Crippen LogP contribution in [0.4, 0.5) is 0 Å². The molecule has 0 bridgehead atoms. The molecule has 2 rings (SSSR count). The summed E-state index contributed by atoms with van der Waals surface area (Å²) in [5, 5.41) is 0. The standard InChI is InChI=1S/C13H16ClNO2S/c1-9(16)15-6-4-10-7-12(18-13(10)8-15)11(17)3-2-5-14/h7H,2-6,8H2,1H3. The highest BCUT2D eigenvalue weighted by molar-refractivity contribution is 7.14. The number of carbonyl (C=O) groups is 2. The lowest BCUT2D eigenvalue weighted by Crippen LogP contribution is -2.33. The molecule has 1 aromatic heterocycles. The number of alkyl halides is 1. The van der Waals surface area contributed by atoms with Gasteiger partial charge in [-0.25, -0.2) is 0 Å². The number of rotatable bonds is 4. The average molecular weight is 286 g/mol. The van der Waals surface area contributed by atoms with Crippen LogP contribution in [-0.2, 0) is 17.8 Å². The number of thiophene rings is 1. The minimum Gasteiger partial charge on any atom is -0.337 e. The summed E-state index contributed by atoms with van der Waals surface area (Å²) in [4.78, 5) is 27.0. The van der Waals surface area contributed by atoms with Crippen LogP contribution in [0.25, 0.3) is 0 Å². The van der Waals surface area contributed by atoms with Crippen molar-refractivity contribution in [3.05, 3.63) is 21.4 Å². The molecule has 18 heavy (non-hydrogen) atoms. The van der Waals surface area contributed by atoms with Crippen molar-refractivity contribution in [3.8, 4) is 0 Å². The van der Waals surface area contributed by atoms with E-state index in [-0.39, 0.29) is 11.7 Å². The van der Waals surface area contributed by atoms with E-state index in [1.54, 1.807) is 6.92 Å². The van der Waals surface area contributed by atoms with Crippen molar-refractivity contribution < 1.29 is 9.59 Å². The van der Waals surface area contributed by atoms with Gasteiger partial charge in [-0.1, -0.05) is 0 Å². The Morgan fingerprint density at radius 2 is 2.28 bits per heavy atom. The molecule has 1 aliphatic heterocycles. The largest absolute Gasteiger partial charge is 0.337 e. The van der Waals surface area contributed by atoms with Gasteiger partial charge in [0.15, 0.2) is 5.78 Å². The molecule has 0 saturated heterocycles. The normalized spacial score (nSPS) is 14.4. The molecule has 0 radical (unpaired) electrons. The first-order chi connectivity index (χ1) is 8.61. The minimum absolute atomic E-state index is 0.101. The molecule has 1 amide bonds.